The van der Waals surface area contributed by atoms with Gasteiger partial charge in [0.1, 0.15) is 5.75 Å². The number of hydrogen-bond acceptors (Lipinski definition) is 4. The van der Waals surface area contributed by atoms with Gasteiger partial charge < -0.3 is 4.74 Å². The molecule has 0 atom stereocenters. The molecule has 0 unspecified atom stereocenters. The minimum Gasteiger partial charge on any atom is -0.426 e. The summed E-state index contributed by atoms with van der Waals surface area (Å²) in [6.07, 6.45) is 0. The lowest BCUT2D eigenvalue weighted by molar-refractivity contribution is -0.131. The van der Waals surface area contributed by atoms with Crippen molar-refractivity contribution < 1.29 is 17.9 Å². The smallest absolute Gasteiger partial charge is 0.327 e. The summed E-state index contributed by atoms with van der Waals surface area (Å²) in [5.74, 6) is -1.41. The molecule has 76 valence electrons. The Balaban J connectivity index is 2.59. The van der Waals surface area contributed by atoms with Gasteiger partial charge in [-0.3, -0.25) is 4.79 Å². The van der Waals surface area contributed by atoms with Crippen LogP contribution in [0.4, 0.5) is 0 Å². The number of nitrogens with two attached hydrogens (primary N) is 1. The van der Waals surface area contributed by atoms with Gasteiger partial charge in [0.15, 0.2) is 5.75 Å². The summed E-state index contributed by atoms with van der Waals surface area (Å²) < 4.78 is 25.7. The molecule has 1 rings (SSSR count). The van der Waals surface area contributed by atoms with Crippen molar-refractivity contribution in [1.29, 1.82) is 0 Å². The first-order valence-electron chi connectivity index (χ1n) is 3.73. The van der Waals surface area contributed by atoms with Gasteiger partial charge >= 0.3 is 5.97 Å². The molecule has 14 heavy (non-hydrogen) atoms. The fourth-order valence-corrected chi connectivity index (χ4v) is 1.20. The van der Waals surface area contributed by atoms with Crippen molar-refractivity contribution in [2.45, 2.75) is 0 Å². The number of para-hydroxylation sites is 1. The average Bonchev–Trinajstić information content (AvgIpc) is 2.02. The third kappa shape index (κ3) is 4.01. The first-order valence-corrected chi connectivity index (χ1v) is 5.45. The lowest BCUT2D eigenvalue weighted by atomic mass is 10.3. The molecule has 0 spiro atoms. The van der Waals surface area contributed by atoms with E-state index in [4.69, 9.17) is 4.74 Å². The monoisotopic (exact) mass is 215 g/mol. The molecule has 0 aliphatic carbocycles. The van der Waals surface area contributed by atoms with E-state index in [1.807, 2.05) is 0 Å². The van der Waals surface area contributed by atoms with Crippen molar-refractivity contribution in [1.82, 2.24) is 0 Å². The zero-order valence-corrected chi connectivity index (χ0v) is 8.03. The third-order valence-electron chi connectivity index (χ3n) is 1.29. The zero-order chi connectivity index (χ0) is 10.6. The number of carbonyl (C=O) groups excluding carboxylic acids is 1. The molecule has 0 saturated heterocycles. The zero-order valence-electron chi connectivity index (χ0n) is 7.21. The third-order valence-corrected chi connectivity index (χ3v) is 1.93. The largest absolute Gasteiger partial charge is 0.426 e. The summed E-state index contributed by atoms with van der Waals surface area (Å²) in [6, 6.07) is 8.16. The van der Waals surface area contributed by atoms with Crippen molar-refractivity contribution in [3.05, 3.63) is 30.3 Å². The molecule has 5 nitrogen and oxygen atoms in total. The van der Waals surface area contributed by atoms with Gasteiger partial charge in [0.05, 0.1) is 0 Å². The molecule has 0 aliphatic rings. The fourth-order valence-electron chi connectivity index (χ4n) is 0.814. The summed E-state index contributed by atoms with van der Waals surface area (Å²) in [5.41, 5.74) is 0. The normalized spacial score (nSPS) is 10.9. The maximum Gasteiger partial charge on any atom is 0.327 e. The number of hydrogen-bond donors (Lipinski definition) is 1. The van der Waals surface area contributed by atoms with Gasteiger partial charge in [-0.05, 0) is 12.1 Å². The van der Waals surface area contributed by atoms with Gasteiger partial charge in [0, 0.05) is 0 Å². The molecule has 1 aromatic rings. The minimum atomic E-state index is -3.82. The van der Waals surface area contributed by atoms with Gasteiger partial charge in [-0.15, -0.1) is 0 Å². The van der Waals surface area contributed by atoms with Crippen LogP contribution in [0.1, 0.15) is 0 Å². The molecule has 2 N–H and O–H groups in total. The summed E-state index contributed by atoms with van der Waals surface area (Å²) in [6.45, 7) is 0. The van der Waals surface area contributed by atoms with Crippen LogP contribution in [-0.4, -0.2) is 20.1 Å². The molecule has 0 amide bonds. The van der Waals surface area contributed by atoms with Crippen molar-refractivity contribution in [3.63, 3.8) is 0 Å². The molecule has 0 fully saturated rings. The second-order valence-electron chi connectivity index (χ2n) is 2.59. The van der Waals surface area contributed by atoms with Crippen molar-refractivity contribution in [2.24, 2.45) is 5.14 Å². The maximum absolute atomic E-state index is 10.9. The second-order valence-corrected chi connectivity index (χ2v) is 4.21. The van der Waals surface area contributed by atoms with E-state index in [0.717, 1.165) is 0 Å². The SMILES string of the molecule is NS(=O)(=O)CC(=O)Oc1ccccc1. The van der Waals surface area contributed by atoms with Crippen LogP contribution in [-0.2, 0) is 14.8 Å². The molecule has 6 heteroatoms. The topological polar surface area (TPSA) is 86.5 Å². The predicted octanol–water partition coefficient (Wildman–Crippen LogP) is -0.119. The van der Waals surface area contributed by atoms with Crippen LogP contribution in [0.15, 0.2) is 30.3 Å². The van der Waals surface area contributed by atoms with Crippen LogP contribution in [0.3, 0.4) is 0 Å². The Morgan fingerprint density at radius 2 is 1.86 bits per heavy atom. The fraction of sp³-hybridized carbons (Fsp3) is 0.125. The Morgan fingerprint density at radius 3 is 2.36 bits per heavy atom. The van der Waals surface area contributed by atoms with E-state index in [1.165, 1.54) is 0 Å². The highest BCUT2D eigenvalue weighted by Crippen LogP contribution is 2.08. The van der Waals surface area contributed by atoms with Crippen LogP contribution < -0.4 is 9.88 Å². The molecular formula is C8H9NO4S. The highest BCUT2D eigenvalue weighted by atomic mass is 32.2. The van der Waals surface area contributed by atoms with E-state index in [9.17, 15) is 13.2 Å². The Bertz CT molecular complexity index is 412. The van der Waals surface area contributed by atoms with E-state index in [1.54, 1.807) is 30.3 Å². The first kappa shape index (κ1) is 10.7. The van der Waals surface area contributed by atoms with E-state index in [0.29, 0.717) is 5.75 Å². The lowest BCUT2D eigenvalue weighted by Crippen LogP contribution is -2.26. The number of ether oxygens (including phenoxy) is 1. The Labute approximate surface area is 81.5 Å². The summed E-state index contributed by atoms with van der Waals surface area (Å²) in [4.78, 5) is 10.9. The number of benzene rings is 1. The minimum absolute atomic E-state index is 0.293. The van der Waals surface area contributed by atoms with Gasteiger partial charge in [-0.25, -0.2) is 13.6 Å². The number of esters is 1. The standard InChI is InChI=1S/C8H9NO4S/c9-14(11,12)6-8(10)13-7-4-2-1-3-5-7/h1-5H,6H2,(H2,9,11,12). The van der Waals surface area contributed by atoms with E-state index in [2.05, 4.69) is 5.14 Å². The summed E-state index contributed by atoms with van der Waals surface area (Å²) in [7, 11) is -3.82. The number of rotatable bonds is 3. The van der Waals surface area contributed by atoms with Gasteiger partial charge in [0.2, 0.25) is 10.0 Å². The highest BCUT2D eigenvalue weighted by Gasteiger charge is 2.13. The van der Waals surface area contributed by atoms with Crippen LogP contribution >= 0.6 is 0 Å². The first-order chi connectivity index (χ1) is 6.47. The van der Waals surface area contributed by atoms with E-state index in [-0.39, 0.29) is 0 Å². The molecule has 0 heterocycles. The van der Waals surface area contributed by atoms with Crippen molar-refractivity contribution in [3.8, 4) is 5.75 Å². The van der Waals surface area contributed by atoms with Gasteiger partial charge in [-0.1, -0.05) is 18.2 Å². The lowest BCUT2D eigenvalue weighted by Gasteiger charge is -2.01. The van der Waals surface area contributed by atoms with Crippen molar-refractivity contribution in [2.75, 3.05) is 5.75 Å². The molecule has 0 radical (unpaired) electrons. The quantitative estimate of drug-likeness (QED) is 0.562. The van der Waals surface area contributed by atoms with E-state index >= 15 is 0 Å². The van der Waals surface area contributed by atoms with E-state index < -0.39 is 21.7 Å². The molecule has 0 aromatic heterocycles. The Kier molecular flexibility index (Phi) is 3.21. The molecule has 0 bridgehead atoms. The number of carbonyl (C=O) groups is 1. The molecule has 0 aliphatic heterocycles. The van der Waals surface area contributed by atoms with Gasteiger partial charge in [0.25, 0.3) is 0 Å². The second kappa shape index (κ2) is 4.21. The van der Waals surface area contributed by atoms with Crippen LogP contribution in [0.25, 0.3) is 0 Å². The average molecular weight is 215 g/mol. The molecular weight excluding hydrogens is 206 g/mol. The van der Waals surface area contributed by atoms with Crippen LogP contribution in [0.2, 0.25) is 0 Å². The molecule has 0 saturated carbocycles. The number of primary sulfonamides is 1. The van der Waals surface area contributed by atoms with Gasteiger partial charge in [-0.2, -0.15) is 0 Å². The molecule has 1 aromatic carbocycles. The van der Waals surface area contributed by atoms with Crippen LogP contribution in [0.5, 0.6) is 5.75 Å². The summed E-state index contributed by atoms with van der Waals surface area (Å²) >= 11 is 0. The Hall–Kier alpha value is -1.40. The highest BCUT2D eigenvalue weighted by molar-refractivity contribution is 7.89. The van der Waals surface area contributed by atoms with Crippen molar-refractivity contribution >= 4 is 16.0 Å². The Morgan fingerprint density at radius 1 is 1.29 bits per heavy atom. The van der Waals surface area contributed by atoms with Crippen LogP contribution in [0, 0.1) is 0 Å². The number of sulfonamides is 1. The maximum atomic E-state index is 10.9. The predicted molar refractivity (Wildman–Crippen MR) is 50.1 cm³/mol. The summed E-state index contributed by atoms with van der Waals surface area (Å²) in [5, 5.41) is 4.66.